The molecule has 0 spiro atoms. The molecule has 0 aliphatic heterocycles. The molecule has 16 heavy (non-hydrogen) atoms. The zero-order chi connectivity index (χ0) is 12.1. The molecule has 3 heteroatoms. The maximum atomic E-state index is 11.9. The molecular formula is C13H18O2S. The average Bonchev–Trinajstić information content (AvgIpc) is 2.17. The van der Waals surface area contributed by atoms with Gasteiger partial charge in [0, 0.05) is 22.1 Å². The van der Waals surface area contributed by atoms with E-state index >= 15 is 0 Å². The summed E-state index contributed by atoms with van der Waals surface area (Å²) in [4.78, 5) is 11.9. The SMILES string of the molecule is CCCS(=O)CC(=O)c1ccc(C)cc1C. The van der Waals surface area contributed by atoms with Crippen LogP contribution in [0.2, 0.25) is 0 Å². The smallest absolute Gasteiger partial charge is 0.175 e. The number of aryl methyl sites for hydroxylation is 2. The Morgan fingerprint density at radius 3 is 2.56 bits per heavy atom. The van der Waals surface area contributed by atoms with E-state index in [0.29, 0.717) is 11.3 Å². The van der Waals surface area contributed by atoms with Gasteiger partial charge in [0.1, 0.15) is 0 Å². The van der Waals surface area contributed by atoms with Gasteiger partial charge in [-0.3, -0.25) is 9.00 Å². The van der Waals surface area contributed by atoms with Crippen molar-refractivity contribution >= 4 is 16.6 Å². The number of carbonyl (C=O) groups is 1. The second kappa shape index (κ2) is 5.94. The summed E-state index contributed by atoms with van der Waals surface area (Å²) >= 11 is 0. The third-order valence-corrected chi connectivity index (χ3v) is 3.85. The number of ketones is 1. The van der Waals surface area contributed by atoms with Gasteiger partial charge in [-0.25, -0.2) is 0 Å². The Morgan fingerprint density at radius 2 is 2.00 bits per heavy atom. The van der Waals surface area contributed by atoms with E-state index in [1.807, 2.05) is 39.0 Å². The molecule has 1 rings (SSSR count). The first-order valence-corrected chi connectivity index (χ1v) is 6.98. The van der Waals surface area contributed by atoms with Gasteiger partial charge in [-0.1, -0.05) is 30.7 Å². The van der Waals surface area contributed by atoms with E-state index in [2.05, 4.69) is 0 Å². The first-order chi connectivity index (χ1) is 7.54. The van der Waals surface area contributed by atoms with Crippen molar-refractivity contribution in [3.05, 3.63) is 34.9 Å². The third kappa shape index (κ3) is 3.56. The molecule has 1 atom stereocenters. The number of carbonyl (C=O) groups excluding carboxylic acids is 1. The minimum Gasteiger partial charge on any atom is -0.293 e. The number of hydrogen-bond acceptors (Lipinski definition) is 2. The molecule has 0 amide bonds. The van der Waals surface area contributed by atoms with E-state index in [0.717, 1.165) is 17.5 Å². The van der Waals surface area contributed by atoms with Crippen LogP contribution in [0.25, 0.3) is 0 Å². The maximum absolute atomic E-state index is 11.9. The van der Waals surface area contributed by atoms with Gasteiger partial charge in [0.15, 0.2) is 5.78 Å². The van der Waals surface area contributed by atoms with Gasteiger partial charge in [0.2, 0.25) is 0 Å². The van der Waals surface area contributed by atoms with Crippen LogP contribution in [0.4, 0.5) is 0 Å². The molecule has 1 unspecified atom stereocenters. The summed E-state index contributed by atoms with van der Waals surface area (Å²) in [5.41, 5.74) is 2.82. The predicted molar refractivity (Wildman–Crippen MR) is 68.4 cm³/mol. The van der Waals surface area contributed by atoms with Crippen LogP contribution in [0, 0.1) is 13.8 Å². The lowest BCUT2D eigenvalue weighted by atomic mass is 10.0. The first-order valence-electron chi connectivity index (χ1n) is 5.50. The highest BCUT2D eigenvalue weighted by atomic mass is 32.2. The minimum atomic E-state index is -1.01. The fourth-order valence-corrected chi connectivity index (χ4v) is 2.70. The van der Waals surface area contributed by atoms with E-state index in [-0.39, 0.29) is 11.5 Å². The molecule has 0 saturated heterocycles. The number of benzene rings is 1. The Balaban J connectivity index is 2.77. The molecule has 1 aromatic rings. The Hall–Kier alpha value is -0.960. The Morgan fingerprint density at radius 1 is 1.31 bits per heavy atom. The zero-order valence-corrected chi connectivity index (χ0v) is 10.9. The van der Waals surface area contributed by atoms with E-state index in [9.17, 15) is 9.00 Å². The van der Waals surface area contributed by atoms with Gasteiger partial charge < -0.3 is 0 Å². The monoisotopic (exact) mass is 238 g/mol. The van der Waals surface area contributed by atoms with Crippen LogP contribution in [0.15, 0.2) is 18.2 Å². The summed E-state index contributed by atoms with van der Waals surface area (Å²) in [6, 6.07) is 5.73. The van der Waals surface area contributed by atoms with Crippen molar-refractivity contribution in [2.75, 3.05) is 11.5 Å². The molecule has 0 saturated carbocycles. The normalized spacial score (nSPS) is 12.4. The van der Waals surface area contributed by atoms with E-state index in [1.165, 1.54) is 0 Å². The highest BCUT2D eigenvalue weighted by Crippen LogP contribution is 2.11. The van der Waals surface area contributed by atoms with Crippen LogP contribution in [-0.4, -0.2) is 21.5 Å². The average molecular weight is 238 g/mol. The predicted octanol–water partition coefficient (Wildman–Crippen LogP) is 2.64. The third-order valence-electron chi connectivity index (χ3n) is 2.41. The number of hydrogen-bond donors (Lipinski definition) is 0. The van der Waals surface area contributed by atoms with Crippen LogP contribution in [0.5, 0.6) is 0 Å². The summed E-state index contributed by atoms with van der Waals surface area (Å²) in [5.74, 6) is 0.748. The van der Waals surface area contributed by atoms with E-state index in [1.54, 1.807) is 0 Å². The van der Waals surface area contributed by atoms with Crippen molar-refractivity contribution in [2.45, 2.75) is 27.2 Å². The number of Topliss-reactive ketones (excluding diaryl/α,β-unsaturated/α-hetero) is 1. The van der Waals surface area contributed by atoms with Crippen LogP contribution in [0.3, 0.4) is 0 Å². The fourth-order valence-electron chi connectivity index (χ4n) is 1.65. The van der Waals surface area contributed by atoms with Crippen molar-refractivity contribution in [1.82, 2.24) is 0 Å². The van der Waals surface area contributed by atoms with Gasteiger partial charge in [0.05, 0.1) is 5.75 Å². The van der Waals surface area contributed by atoms with Gasteiger partial charge in [-0.2, -0.15) is 0 Å². The van der Waals surface area contributed by atoms with Crippen LogP contribution < -0.4 is 0 Å². The maximum Gasteiger partial charge on any atom is 0.175 e. The summed E-state index contributed by atoms with van der Waals surface area (Å²) in [6.07, 6.45) is 0.854. The molecule has 1 aromatic carbocycles. The van der Waals surface area contributed by atoms with E-state index < -0.39 is 10.8 Å². The van der Waals surface area contributed by atoms with Crippen molar-refractivity contribution < 1.29 is 9.00 Å². The minimum absolute atomic E-state index is 0.00992. The van der Waals surface area contributed by atoms with Crippen LogP contribution in [0.1, 0.15) is 34.8 Å². The molecule has 0 heterocycles. The molecule has 0 bridgehead atoms. The lowest BCUT2D eigenvalue weighted by Gasteiger charge is -2.05. The zero-order valence-electron chi connectivity index (χ0n) is 10.1. The lowest BCUT2D eigenvalue weighted by molar-refractivity contribution is 0.102. The van der Waals surface area contributed by atoms with Crippen LogP contribution in [-0.2, 0) is 10.8 Å². The largest absolute Gasteiger partial charge is 0.293 e. The molecule has 2 nitrogen and oxygen atoms in total. The topological polar surface area (TPSA) is 34.1 Å². The summed E-state index contributed by atoms with van der Waals surface area (Å²) < 4.78 is 11.5. The lowest BCUT2D eigenvalue weighted by Crippen LogP contribution is -2.14. The summed E-state index contributed by atoms with van der Waals surface area (Å²) in [6.45, 7) is 5.89. The summed E-state index contributed by atoms with van der Waals surface area (Å²) in [5, 5.41) is 0. The Labute approximate surface area is 99.5 Å². The molecule has 88 valence electrons. The quantitative estimate of drug-likeness (QED) is 0.739. The van der Waals surface area contributed by atoms with Crippen molar-refractivity contribution in [3.8, 4) is 0 Å². The first kappa shape index (κ1) is 13.1. The second-order valence-electron chi connectivity index (χ2n) is 4.03. The van der Waals surface area contributed by atoms with E-state index in [4.69, 9.17) is 0 Å². The Bertz CT molecular complexity index is 410. The fraction of sp³-hybridized carbons (Fsp3) is 0.462. The van der Waals surface area contributed by atoms with Crippen LogP contribution >= 0.6 is 0 Å². The molecular weight excluding hydrogens is 220 g/mol. The molecule has 0 aromatic heterocycles. The van der Waals surface area contributed by atoms with Crippen molar-refractivity contribution in [2.24, 2.45) is 0 Å². The molecule has 0 radical (unpaired) electrons. The van der Waals surface area contributed by atoms with Gasteiger partial charge in [-0.15, -0.1) is 0 Å². The van der Waals surface area contributed by atoms with Gasteiger partial charge >= 0.3 is 0 Å². The standard InChI is InChI=1S/C13H18O2S/c1-4-7-16(15)9-13(14)12-6-5-10(2)8-11(12)3/h5-6,8H,4,7,9H2,1-3H3. The molecule has 0 fully saturated rings. The molecule has 0 N–H and O–H groups in total. The highest BCUT2D eigenvalue weighted by molar-refractivity contribution is 7.85. The van der Waals surface area contributed by atoms with Gasteiger partial charge in [-0.05, 0) is 25.8 Å². The summed E-state index contributed by atoms with van der Waals surface area (Å²) in [7, 11) is -1.01. The van der Waals surface area contributed by atoms with Gasteiger partial charge in [0.25, 0.3) is 0 Å². The second-order valence-corrected chi connectivity index (χ2v) is 5.61. The molecule has 0 aliphatic rings. The Kier molecular flexibility index (Phi) is 4.87. The van der Waals surface area contributed by atoms with Crippen molar-refractivity contribution in [1.29, 1.82) is 0 Å². The molecule has 0 aliphatic carbocycles. The number of rotatable bonds is 5. The highest BCUT2D eigenvalue weighted by Gasteiger charge is 2.12. The van der Waals surface area contributed by atoms with Crippen molar-refractivity contribution in [3.63, 3.8) is 0 Å².